The van der Waals surface area contributed by atoms with Crippen LogP contribution in [0.25, 0.3) is 16.6 Å². The number of nitrogens with zero attached hydrogens (tertiary/aromatic N) is 2. The molecule has 1 unspecified atom stereocenters. The molecule has 0 radical (unpaired) electrons. The molecule has 1 aromatic carbocycles. The summed E-state index contributed by atoms with van der Waals surface area (Å²) < 4.78 is 1.99. The first-order valence-electron chi connectivity index (χ1n) is 6.24. The Balaban J connectivity index is 2.03. The first kappa shape index (κ1) is 9.42. The zero-order valence-corrected chi connectivity index (χ0v) is 9.56. The summed E-state index contributed by atoms with van der Waals surface area (Å²) in [5.74, 6) is 0. The van der Waals surface area contributed by atoms with Gasteiger partial charge < -0.3 is 5.11 Å². The summed E-state index contributed by atoms with van der Waals surface area (Å²) in [5.41, 5.74) is 4.41. The predicted molar refractivity (Wildman–Crippen MR) is 66.4 cm³/mol. The average Bonchev–Trinajstić information content (AvgIpc) is 2.88. The summed E-state index contributed by atoms with van der Waals surface area (Å²) >= 11 is 0. The topological polar surface area (TPSA) is 38.0 Å². The lowest BCUT2D eigenvalue weighted by Crippen LogP contribution is -2.02. The van der Waals surface area contributed by atoms with Crippen molar-refractivity contribution in [1.82, 2.24) is 9.78 Å². The SMILES string of the molecule is OC1C2=C(CCCC2)n2nc3ccccc3c21. The molecule has 3 heteroatoms. The van der Waals surface area contributed by atoms with E-state index in [4.69, 9.17) is 0 Å². The molecule has 1 N–H and O–H groups in total. The monoisotopic (exact) mass is 226 g/mol. The predicted octanol–water partition coefficient (Wildman–Crippen LogP) is 2.87. The van der Waals surface area contributed by atoms with Crippen molar-refractivity contribution in [3.63, 3.8) is 0 Å². The molecule has 0 amide bonds. The third-order valence-corrected chi connectivity index (χ3v) is 3.94. The number of hydrogen-bond acceptors (Lipinski definition) is 2. The molecule has 0 fully saturated rings. The van der Waals surface area contributed by atoms with Gasteiger partial charge in [-0.3, -0.25) is 0 Å². The van der Waals surface area contributed by atoms with Crippen LogP contribution in [0.2, 0.25) is 0 Å². The van der Waals surface area contributed by atoms with Crippen molar-refractivity contribution in [3.8, 4) is 0 Å². The van der Waals surface area contributed by atoms with Gasteiger partial charge in [0.1, 0.15) is 6.10 Å². The Morgan fingerprint density at radius 2 is 2.00 bits per heavy atom. The number of aromatic nitrogens is 2. The number of allylic oxidation sites excluding steroid dienone is 1. The van der Waals surface area contributed by atoms with E-state index in [2.05, 4.69) is 11.2 Å². The second-order valence-electron chi connectivity index (χ2n) is 4.90. The molecule has 0 saturated carbocycles. The fourth-order valence-corrected chi connectivity index (χ4v) is 3.14. The van der Waals surface area contributed by atoms with E-state index in [0.29, 0.717) is 0 Å². The van der Waals surface area contributed by atoms with E-state index in [1.165, 1.54) is 24.1 Å². The number of aliphatic hydroxyl groups excluding tert-OH is 1. The van der Waals surface area contributed by atoms with Crippen LogP contribution in [0.5, 0.6) is 0 Å². The number of fused-ring (bicyclic) bond motifs is 4. The van der Waals surface area contributed by atoms with Crippen molar-refractivity contribution in [2.24, 2.45) is 0 Å². The molecule has 1 aliphatic heterocycles. The minimum atomic E-state index is -0.433. The zero-order chi connectivity index (χ0) is 11.4. The van der Waals surface area contributed by atoms with Gasteiger partial charge in [0, 0.05) is 11.1 Å². The van der Waals surface area contributed by atoms with Crippen LogP contribution < -0.4 is 0 Å². The Labute approximate surface area is 99.4 Å². The number of rotatable bonds is 0. The van der Waals surface area contributed by atoms with Crippen LogP contribution in [-0.2, 0) is 0 Å². The molecule has 17 heavy (non-hydrogen) atoms. The fraction of sp³-hybridized carbons (Fsp3) is 0.357. The van der Waals surface area contributed by atoms with Crippen molar-refractivity contribution >= 4 is 16.6 Å². The van der Waals surface area contributed by atoms with Crippen LogP contribution in [0, 0.1) is 0 Å². The Morgan fingerprint density at radius 1 is 1.18 bits per heavy atom. The van der Waals surface area contributed by atoms with Crippen molar-refractivity contribution in [2.45, 2.75) is 31.8 Å². The first-order valence-corrected chi connectivity index (χ1v) is 6.24. The minimum Gasteiger partial charge on any atom is -0.382 e. The molecule has 0 bridgehead atoms. The van der Waals surface area contributed by atoms with E-state index in [1.807, 2.05) is 22.9 Å². The molecule has 2 aromatic rings. The maximum absolute atomic E-state index is 10.4. The molecule has 1 atom stereocenters. The molecule has 0 spiro atoms. The van der Waals surface area contributed by atoms with E-state index >= 15 is 0 Å². The number of aliphatic hydroxyl groups is 1. The molecule has 3 nitrogen and oxygen atoms in total. The highest BCUT2D eigenvalue weighted by Gasteiger charge is 2.33. The van der Waals surface area contributed by atoms with Gasteiger partial charge in [-0.05, 0) is 37.3 Å². The molecule has 0 saturated heterocycles. The van der Waals surface area contributed by atoms with Crippen LogP contribution in [0.3, 0.4) is 0 Å². The van der Waals surface area contributed by atoms with Gasteiger partial charge in [-0.15, -0.1) is 0 Å². The summed E-state index contributed by atoms with van der Waals surface area (Å²) in [6.45, 7) is 0. The van der Waals surface area contributed by atoms with Crippen LogP contribution in [-0.4, -0.2) is 14.9 Å². The molecule has 86 valence electrons. The highest BCUT2D eigenvalue weighted by Crippen LogP contribution is 2.45. The molecule has 2 aliphatic rings. The second-order valence-corrected chi connectivity index (χ2v) is 4.90. The summed E-state index contributed by atoms with van der Waals surface area (Å²) in [7, 11) is 0. The number of benzene rings is 1. The van der Waals surface area contributed by atoms with Gasteiger partial charge in [0.25, 0.3) is 0 Å². The summed E-state index contributed by atoms with van der Waals surface area (Å²) in [6, 6.07) is 8.06. The van der Waals surface area contributed by atoms with Crippen molar-refractivity contribution in [1.29, 1.82) is 0 Å². The second kappa shape index (κ2) is 3.20. The van der Waals surface area contributed by atoms with E-state index < -0.39 is 6.10 Å². The lowest BCUT2D eigenvalue weighted by Gasteiger charge is -2.15. The van der Waals surface area contributed by atoms with Crippen LogP contribution in [0.1, 0.15) is 37.5 Å². The van der Waals surface area contributed by atoms with E-state index in [0.717, 1.165) is 29.4 Å². The average molecular weight is 226 g/mol. The lowest BCUT2D eigenvalue weighted by atomic mass is 9.93. The summed E-state index contributed by atoms with van der Waals surface area (Å²) in [5, 5.41) is 16.2. The maximum atomic E-state index is 10.4. The Bertz CT molecular complexity index is 639. The Morgan fingerprint density at radius 3 is 2.94 bits per heavy atom. The largest absolute Gasteiger partial charge is 0.382 e. The Kier molecular flexibility index (Phi) is 1.77. The van der Waals surface area contributed by atoms with Gasteiger partial charge in [0.15, 0.2) is 0 Å². The fourth-order valence-electron chi connectivity index (χ4n) is 3.14. The minimum absolute atomic E-state index is 0.433. The summed E-state index contributed by atoms with van der Waals surface area (Å²) in [4.78, 5) is 0. The smallest absolute Gasteiger partial charge is 0.120 e. The third kappa shape index (κ3) is 1.12. The number of hydrogen-bond donors (Lipinski definition) is 1. The maximum Gasteiger partial charge on any atom is 0.120 e. The van der Waals surface area contributed by atoms with Gasteiger partial charge in [-0.2, -0.15) is 5.10 Å². The molecular formula is C14H14N2O. The molecule has 4 rings (SSSR count). The quantitative estimate of drug-likeness (QED) is 0.750. The molecule has 1 aromatic heterocycles. The van der Waals surface area contributed by atoms with Crippen molar-refractivity contribution in [3.05, 3.63) is 35.5 Å². The van der Waals surface area contributed by atoms with E-state index in [1.54, 1.807) is 0 Å². The van der Waals surface area contributed by atoms with Gasteiger partial charge in [0.2, 0.25) is 0 Å². The standard InChI is InChI=1S/C14H14N2O/c17-14-10-6-2-4-8-12(10)16-13(14)9-5-1-3-7-11(9)15-16/h1,3,5,7,14,17H,2,4,6,8H2. The molecular weight excluding hydrogens is 212 g/mol. The lowest BCUT2D eigenvalue weighted by molar-refractivity contribution is 0.212. The van der Waals surface area contributed by atoms with Crippen molar-refractivity contribution in [2.75, 3.05) is 0 Å². The summed E-state index contributed by atoms with van der Waals surface area (Å²) in [6.07, 6.45) is 4.04. The zero-order valence-electron chi connectivity index (χ0n) is 9.56. The highest BCUT2D eigenvalue weighted by molar-refractivity contribution is 5.85. The van der Waals surface area contributed by atoms with Crippen molar-refractivity contribution < 1.29 is 5.11 Å². The van der Waals surface area contributed by atoms with E-state index in [9.17, 15) is 5.11 Å². The van der Waals surface area contributed by atoms with Crippen LogP contribution in [0.4, 0.5) is 0 Å². The normalized spacial score (nSPS) is 23.0. The Hall–Kier alpha value is -1.61. The molecule has 2 heterocycles. The van der Waals surface area contributed by atoms with Gasteiger partial charge in [0.05, 0.1) is 11.2 Å². The van der Waals surface area contributed by atoms with Crippen LogP contribution >= 0.6 is 0 Å². The van der Waals surface area contributed by atoms with Gasteiger partial charge in [-0.25, -0.2) is 4.68 Å². The van der Waals surface area contributed by atoms with Gasteiger partial charge in [-0.1, -0.05) is 18.2 Å². The van der Waals surface area contributed by atoms with E-state index in [-0.39, 0.29) is 0 Å². The third-order valence-electron chi connectivity index (χ3n) is 3.94. The van der Waals surface area contributed by atoms with Gasteiger partial charge >= 0.3 is 0 Å². The van der Waals surface area contributed by atoms with Crippen LogP contribution in [0.15, 0.2) is 29.8 Å². The molecule has 1 aliphatic carbocycles. The first-order chi connectivity index (χ1) is 8.36. The highest BCUT2D eigenvalue weighted by atomic mass is 16.3.